The Hall–Kier alpha value is -2.43. The zero-order valence-corrected chi connectivity index (χ0v) is 14.2. The number of rotatable bonds is 5. The van der Waals surface area contributed by atoms with Crippen molar-refractivity contribution in [3.8, 4) is 0 Å². The average Bonchev–Trinajstić information content (AvgIpc) is 2.80. The second-order valence-electron chi connectivity index (χ2n) is 6.16. The molecule has 0 bridgehead atoms. The molecule has 0 unspecified atom stereocenters. The molecule has 2 aromatic rings. The molecule has 5 nitrogen and oxygen atoms in total. The van der Waals surface area contributed by atoms with Crippen LogP contribution in [0.1, 0.15) is 64.5 Å². The predicted octanol–water partition coefficient (Wildman–Crippen LogP) is 3.36. The lowest BCUT2D eigenvalue weighted by molar-refractivity contribution is 0.0924. The first kappa shape index (κ1) is 16.9. The topological polar surface area (TPSA) is 74.8 Å². The molecule has 0 radical (unpaired) electrons. The molecule has 0 fully saturated rings. The van der Waals surface area contributed by atoms with Gasteiger partial charge in [-0.3, -0.25) is 14.6 Å². The Labute approximate surface area is 136 Å². The van der Waals surface area contributed by atoms with Crippen molar-refractivity contribution in [1.29, 1.82) is 0 Å². The number of amides is 1. The number of H-pyrrole nitrogens is 1. The van der Waals surface area contributed by atoms with Crippen molar-refractivity contribution in [1.82, 2.24) is 15.3 Å². The van der Waals surface area contributed by atoms with Crippen LogP contribution in [0.4, 0.5) is 0 Å². The normalized spacial score (nSPS) is 12.3. The molecule has 2 aromatic heterocycles. The van der Waals surface area contributed by atoms with Crippen LogP contribution in [0, 0.1) is 19.8 Å². The van der Waals surface area contributed by atoms with Crippen LogP contribution in [0.15, 0.2) is 24.5 Å². The van der Waals surface area contributed by atoms with Crippen molar-refractivity contribution in [2.75, 3.05) is 0 Å². The maximum atomic E-state index is 12.7. The maximum absolute atomic E-state index is 12.7. The number of carbonyl (C=O) groups excluding carboxylic acids is 2. The number of pyridine rings is 1. The highest BCUT2D eigenvalue weighted by Gasteiger charge is 2.24. The summed E-state index contributed by atoms with van der Waals surface area (Å²) in [7, 11) is 0. The highest BCUT2D eigenvalue weighted by atomic mass is 16.2. The third-order valence-corrected chi connectivity index (χ3v) is 4.01. The number of Topliss-reactive ketones (excluding diaryl/α,β-unsaturated/α-hetero) is 1. The van der Waals surface area contributed by atoms with E-state index in [4.69, 9.17) is 0 Å². The summed E-state index contributed by atoms with van der Waals surface area (Å²) in [6.45, 7) is 9.20. The van der Waals surface area contributed by atoms with Gasteiger partial charge in [-0.05, 0) is 37.0 Å². The van der Waals surface area contributed by atoms with E-state index in [0.29, 0.717) is 22.5 Å². The molecular weight excluding hydrogens is 290 g/mol. The van der Waals surface area contributed by atoms with E-state index in [1.165, 1.54) is 6.92 Å². The summed E-state index contributed by atoms with van der Waals surface area (Å²) < 4.78 is 0. The van der Waals surface area contributed by atoms with E-state index in [1.807, 2.05) is 19.1 Å². The van der Waals surface area contributed by atoms with Crippen molar-refractivity contribution in [3.63, 3.8) is 0 Å². The summed E-state index contributed by atoms with van der Waals surface area (Å²) in [6.07, 6.45) is 3.48. The fraction of sp³-hybridized carbons (Fsp3) is 0.389. The van der Waals surface area contributed by atoms with Crippen LogP contribution >= 0.6 is 0 Å². The van der Waals surface area contributed by atoms with Crippen LogP contribution < -0.4 is 5.32 Å². The van der Waals surface area contributed by atoms with E-state index >= 15 is 0 Å². The molecular formula is C18H23N3O2. The number of hydrogen-bond acceptors (Lipinski definition) is 3. The van der Waals surface area contributed by atoms with Crippen molar-refractivity contribution >= 4 is 11.7 Å². The Kier molecular flexibility index (Phi) is 4.98. The SMILES string of the molecule is CC(=O)c1[nH]c(C)c(C(=O)N[C@H](c2cccnc2)C(C)C)c1C. The molecule has 2 N–H and O–H groups in total. The minimum absolute atomic E-state index is 0.0719. The van der Waals surface area contributed by atoms with E-state index in [-0.39, 0.29) is 23.7 Å². The minimum atomic E-state index is -0.175. The first-order valence-electron chi connectivity index (χ1n) is 7.73. The standard InChI is InChI=1S/C18H23N3O2/c1-10(2)16(14-7-6-8-19-9-14)21-18(23)15-11(3)17(13(5)22)20-12(15)4/h6-10,16,20H,1-5H3,(H,21,23)/t16-/m0/s1. The molecule has 0 aliphatic carbocycles. The maximum Gasteiger partial charge on any atom is 0.253 e. The van der Waals surface area contributed by atoms with E-state index in [0.717, 1.165) is 5.56 Å². The predicted molar refractivity (Wildman–Crippen MR) is 89.6 cm³/mol. The zero-order valence-electron chi connectivity index (χ0n) is 14.2. The average molecular weight is 313 g/mol. The molecule has 0 aliphatic rings. The zero-order chi connectivity index (χ0) is 17.1. The first-order chi connectivity index (χ1) is 10.8. The van der Waals surface area contributed by atoms with Gasteiger partial charge < -0.3 is 10.3 Å². The number of hydrogen-bond donors (Lipinski definition) is 2. The van der Waals surface area contributed by atoms with E-state index in [1.54, 1.807) is 19.3 Å². The van der Waals surface area contributed by atoms with Gasteiger partial charge in [0.05, 0.1) is 17.3 Å². The van der Waals surface area contributed by atoms with Gasteiger partial charge in [-0.1, -0.05) is 19.9 Å². The summed E-state index contributed by atoms with van der Waals surface area (Å²) in [5.74, 6) is -0.0291. The van der Waals surface area contributed by atoms with Crippen LogP contribution in [-0.4, -0.2) is 21.7 Å². The van der Waals surface area contributed by atoms with Crippen molar-refractivity contribution in [2.45, 2.75) is 40.7 Å². The van der Waals surface area contributed by atoms with Gasteiger partial charge in [-0.25, -0.2) is 0 Å². The molecule has 23 heavy (non-hydrogen) atoms. The molecule has 0 aromatic carbocycles. The lowest BCUT2D eigenvalue weighted by atomic mass is 9.96. The fourth-order valence-electron chi connectivity index (χ4n) is 2.85. The van der Waals surface area contributed by atoms with Crippen LogP contribution in [-0.2, 0) is 0 Å². The smallest absolute Gasteiger partial charge is 0.253 e. The summed E-state index contributed by atoms with van der Waals surface area (Å²) in [6, 6.07) is 3.68. The fourth-order valence-corrected chi connectivity index (χ4v) is 2.85. The van der Waals surface area contributed by atoms with Gasteiger partial charge in [0.15, 0.2) is 5.78 Å². The van der Waals surface area contributed by atoms with Crippen LogP contribution in [0.2, 0.25) is 0 Å². The molecule has 1 atom stereocenters. The number of nitrogens with zero attached hydrogens (tertiary/aromatic N) is 1. The van der Waals surface area contributed by atoms with Crippen molar-refractivity contribution in [3.05, 3.63) is 52.6 Å². The third-order valence-electron chi connectivity index (χ3n) is 4.01. The van der Waals surface area contributed by atoms with E-state index < -0.39 is 0 Å². The number of nitrogens with one attached hydrogen (secondary N) is 2. The van der Waals surface area contributed by atoms with E-state index in [9.17, 15) is 9.59 Å². The summed E-state index contributed by atoms with van der Waals surface area (Å²) in [5.41, 5.74) is 3.41. The summed E-state index contributed by atoms with van der Waals surface area (Å²) in [5, 5.41) is 3.07. The highest BCUT2D eigenvalue weighted by Crippen LogP contribution is 2.24. The summed E-state index contributed by atoms with van der Waals surface area (Å²) >= 11 is 0. The molecule has 1 amide bonds. The van der Waals surface area contributed by atoms with Crippen LogP contribution in [0.25, 0.3) is 0 Å². The molecule has 2 rings (SSSR count). The molecule has 5 heteroatoms. The minimum Gasteiger partial charge on any atom is -0.355 e. The van der Waals surface area contributed by atoms with Gasteiger partial charge in [0, 0.05) is 25.0 Å². The van der Waals surface area contributed by atoms with Gasteiger partial charge >= 0.3 is 0 Å². The number of aromatic nitrogens is 2. The number of ketones is 1. The molecule has 0 aliphatic heterocycles. The quantitative estimate of drug-likeness (QED) is 0.831. The lowest BCUT2D eigenvalue weighted by Crippen LogP contribution is -2.32. The Bertz CT molecular complexity index is 717. The Balaban J connectivity index is 2.32. The van der Waals surface area contributed by atoms with Gasteiger partial charge in [-0.2, -0.15) is 0 Å². The Morgan fingerprint density at radius 3 is 2.43 bits per heavy atom. The lowest BCUT2D eigenvalue weighted by Gasteiger charge is -2.22. The number of carbonyl (C=O) groups is 2. The molecule has 0 saturated carbocycles. The van der Waals surface area contributed by atoms with Gasteiger partial charge in [0.25, 0.3) is 5.91 Å². The van der Waals surface area contributed by atoms with Crippen LogP contribution in [0.5, 0.6) is 0 Å². The van der Waals surface area contributed by atoms with Gasteiger partial charge in [0.2, 0.25) is 0 Å². The molecule has 0 saturated heterocycles. The Morgan fingerprint density at radius 1 is 1.26 bits per heavy atom. The van der Waals surface area contributed by atoms with Crippen LogP contribution in [0.3, 0.4) is 0 Å². The molecule has 0 spiro atoms. The molecule has 2 heterocycles. The van der Waals surface area contributed by atoms with E-state index in [2.05, 4.69) is 29.1 Å². The van der Waals surface area contributed by atoms with Gasteiger partial charge in [0.1, 0.15) is 0 Å². The monoisotopic (exact) mass is 313 g/mol. The first-order valence-corrected chi connectivity index (χ1v) is 7.73. The van der Waals surface area contributed by atoms with Crippen molar-refractivity contribution < 1.29 is 9.59 Å². The second kappa shape index (κ2) is 6.77. The van der Waals surface area contributed by atoms with Gasteiger partial charge in [-0.15, -0.1) is 0 Å². The number of aromatic amines is 1. The second-order valence-corrected chi connectivity index (χ2v) is 6.16. The molecule has 122 valence electrons. The summed E-state index contributed by atoms with van der Waals surface area (Å²) in [4.78, 5) is 31.5. The highest BCUT2D eigenvalue weighted by molar-refractivity contribution is 6.02. The Morgan fingerprint density at radius 2 is 1.96 bits per heavy atom. The number of aryl methyl sites for hydroxylation is 1. The van der Waals surface area contributed by atoms with Crippen molar-refractivity contribution in [2.24, 2.45) is 5.92 Å². The third kappa shape index (κ3) is 3.50. The largest absolute Gasteiger partial charge is 0.355 e.